The standard InChI is InChI=1S/C22H24N4O3S/c1-17-8-9-18(2)21(14-17)30(28,29)25-12-10-24(11-13-25)22(27)20-15-23-16-26(20)19-6-4-3-5-7-19/h3-9,14-16H,10-13H2,1-2H3. The smallest absolute Gasteiger partial charge is 0.272 e. The SMILES string of the molecule is Cc1ccc(C)c(S(=O)(=O)N2CCN(C(=O)c3cncn3-c3ccccc3)CC2)c1. The number of hydrogen-bond donors (Lipinski definition) is 0. The Balaban J connectivity index is 1.50. The summed E-state index contributed by atoms with van der Waals surface area (Å²) in [6, 6.07) is 15.0. The molecule has 30 heavy (non-hydrogen) atoms. The number of imidazole rings is 1. The lowest BCUT2D eigenvalue weighted by Crippen LogP contribution is -2.50. The summed E-state index contributed by atoms with van der Waals surface area (Å²) >= 11 is 0. The molecule has 8 heteroatoms. The number of carbonyl (C=O) groups is 1. The van der Waals surface area contributed by atoms with Crippen LogP contribution in [-0.2, 0) is 10.0 Å². The molecule has 0 radical (unpaired) electrons. The molecule has 3 aromatic rings. The lowest BCUT2D eigenvalue weighted by molar-refractivity contribution is 0.0689. The molecule has 1 aliphatic heterocycles. The average molecular weight is 425 g/mol. The summed E-state index contributed by atoms with van der Waals surface area (Å²) in [5.41, 5.74) is 2.95. The van der Waals surface area contributed by atoms with Crippen molar-refractivity contribution in [2.45, 2.75) is 18.7 Å². The quantitative estimate of drug-likeness (QED) is 0.645. The van der Waals surface area contributed by atoms with Gasteiger partial charge in [0.25, 0.3) is 5.91 Å². The monoisotopic (exact) mass is 424 g/mol. The van der Waals surface area contributed by atoms with E-state index in [4.69, 9.17) is 0 Å². The first-order valence-corrected chi connectivity index (χ1v) is 11.3. The van der Waals surface area contributed by atoms with Crippen LogP contribution < -0.4 is 0 Å². The third-order valence-corrected chi connectivity index (χ3v) is 7.42. The molecule has 156 valence electrons. The Morgan fingerprint density at radius 2 is 1.67 bits per heavy atom. The van der Waals surface area contributed by atoms with Gasteiger partial charge in [-0.05, 0) is 43.2 Å². The fourth-order valence-electron chi connectivity index (χ4n) is 3.67. The molecule has 0 saturated carbocycles. The van der Waals surface area contributed by atoms with Gasteiger partial charge in [-0.2, -0.15) is 4.31 Å². The molecule has 1 aliphatic rings. The Hall–Kier alpha value is -2.97. The topological polar surface area (TPSA) is 75.5 Å². The van der Waals surface area contributed by atoms with Crippen LogP contribution in [0, 0.1) is 13.8 Å². The van der Waals surface area contributed by atoms with Gasteiger partial charge >= 0.3 is 0 Å². The highest BCUT2D eigenvalue weighted by molar-refractivity contribution is 7.89. The number of amides is 1. The minimum Gasteiger partial charge on any atom is -0.335 e. The summed E-state index contributed by atoms with van der Waals surface area (Å²) in [5.74, 6) is -0.153. The molecular formula is C22H24N4O3S. The molecule has 2 aromatic carbocycles. The molecule has 0 unspecified atom stereocenters. The highest BCUT2D eigenvalue weighted by Gasteiger charge is 2.32. The number of aromatic nitrogens is 2. The Kier molecular flexibility index (Phi) is 5.44. The van der Waals surface area contributed by atoms with Crippen LogP contribution in [-0.4, -0.2) is 59.3 Å². The molecule has 0 bridgehead atoms. The lowest BCUT2D eigenvalue weighted by atomic mass is 10.2. The molecule has 0 N–H and O–H groups in total. The van der Waals surface area contributed by atoms with Gasteiger partial charge in [0.2, 0.25) is 10.0 Å². The number of para-hydroxylation sites is 1. The van der Waals surface area contributed by atoms with Crippen LogP contribution in [0.25, 0.3) is 5.69 Å². The minimum atomic E-state index is -3.59. The second kappa shape index (κ2) is 8.04. The Morgan fingerprint density at radius 1 is 0.967 bits per heavy atom. The van der Waals surface area contributed by atoms with Crippen molar-refractivity contribution >= 4 is 15.9 Å². The number of benzene rings is 2. The Morgan fingerprint density at radius 3 is 2.37 bits per heavy atom. The third kappa shape index (κ3) is 3.76. The lowest BCUT2D eigenvalue weighted by Gasteiger charge is -2.34. The van der Waals surface area contributed by atoms with E-state index >= 15 is 0 Å². The number of rotatable bonds is 4. The van der Waals surface area contributed by atoms with Gasteiger partial charge in [-0.1, -0.05) is 30.3 Å². The zero-order chi connectivity index (χ0) is 21.3. The predicted octanol–water partition coefficient (Wildman–Crippen LogP) is 2.64. The molecule has 0 aliphatic carbocycles. The molecule has 1 amide bonds. The number of sulfonamides is 1. The fourth-order valence-corrected chi connectivity index (χ4v) is 5.40. The Bertz CT molecular complexity index is 1160. The second-order valence-corrected chi connectivity index (χ2v) is 9.36. The van der Waals surface area contributed by atoms with Gasteiger partial charge in [0.05, 0.1) is 17.4 Å². The number of carbonyl (C=O) groups excluding carboxylic acids is 1. The summed E-state index contributed by atoms with van der Waals surface area (Å²) in [7, 11) is -3.59. The average Bonchev–Trinajstić information content (AvgIpc) is 3.25. The molecule has 1 saturated heterocycles. The van der Waals surface area contributed by atoms with E-state index in [2.05, 4.69) is 4.98 Å². The molecule has 1 fully saturated rings. The summed E-state index contributed by atoms with van der Waals surface area (Å²) < 4.78 is 29.4. The highest BCUT2D eigenvalue weighted by atomic mass is 32.2. The first-order chi connectivity index (χ1) is 14.4. The van der Waals surface area contributed by atoms with E-state index < -0.39 is 10.0 Å². The number of hydrogen-bond acceptors (Lipinski definition) is 4. The van der Waals surface area contributed by atoms with Crippen molar-refractivity contribution in [2.24, 2.45) is 0 Å². The van der Waals surface area contributed by atoms with Crippen molar-refractivity contribution in [1.29, 1.82) is 0 Å². The molecule has 0 spiro atoms. The maximum Gasteiger partial charge on any atom is 0.272 e. The summed E-state index contributed by atoms with van der Waals surface area (Å²) in [5, 5.41) is 0. The van der Waals surface area contributed by atoms with Crippen LogP contribution in [0.15, 0.2) is 66.0 Å². The van der Waals surface area contributed by atoms with Crippen LogP contribution in [0.2, 0.25) is 0 Å². The van der Waals surface area contributed by atoms with Crippen molar-refractivity contribution < 1.29 is 13.2 Å². The summed E-state index contributed by atoms with van der Waals surface area (Å²) in [6.45, 7) is 4.88. The third-order valence-electron chi connectivity index (χ3n) is 5.38. The maximum atomic E-state index is 13.1. The molecule has 0 atom stereocenters. The van der Waals surface area contributed by atoms with Crippen LogP contribution in [0.5, 0.6) is 0 Å². The summed E-state index contributed by atoms with van der Waals surface area (Å²) in [6.07, 6.45) is 3.17. The van der Waals surface area contributed by atoms with Gasteiger partial charge in [-0.15, -0.1) is 0 Å². The largest absolute Gasteiger partial charge is 0.335 e. The van der Waals surface area contributed by atoms with Gasteiger partial charge in [0, 0.05) is 31.9 Å². The normalized spacial score (nSPS) is 15.3. The maximum absolute atomic E-state index is 13.1. The number of aryl methyl sites for hydroxylation is 2. The van der Waals surface area contributed by atoms with E-state index in [-0.39, 0.29) is 19.0 Å². The van der Waals surface area contributed by atoms with Gasteiger partial charge in [0.15, 0.2) is 0 Å². The minimum absolute atomic E-state index is 0.153. The van der Waals surface area contributed by atoms with Gasteiger partial charge < -0.3 is 4.90 Å². The van der Waals surface area contributed by atoms with Crippen molar-refractivity contribution in [2.75, 3.05) is 26.2 Å². The van der Waals surface area contributed by atoms with E-state index in [0.717, 1.165) is 16.8 Å². The zero-order valence-corrected chi connectivity index (χ0v) is 17.8. The van der Waals surface area contributed by atoms with Crippen LogP contribution in [0.3, 0.4) is 0 Å². The number of nitrogens with zero attached hydrogens (tertiary/aromatic N) is 4. The molecule has 4 rings (SSSR count). The highest BCUT2D eigenvalue weighted by Crippen LogP contribution is 2.23. The van der Waals surface area contributed by atoms with Crippen molar-refractivity contribution in [3.8, 4) is 5.69 Å². The van der Waals surface area contributed by atoms with Gasteiger partial charge in [0.1, 0.15) is 5.69 Å². The van der Waals surface area contributed by atoms with Crippen LogP contribution in [0.1, 0.15) is 21.6 Å². The molecule has 7 nitrogen and oxygen atoms in total. The van der Waals surface area contributed by atoms with E-state index in [1.165, 1.54) is 4.31 Å². The second-order valence-electron chi connectivity index (χ2n) is 7.45. The van der Waals surface area contributed by atoms with Crippen molar-refractivity contribution in [3.63, 3.8) is 0 Å². The fraction of sp³-hybridized carbons (Fsp3) is 0.273. The van der Waals surface area contributed by atoms with Crippen molar-refractivity contribution in [3.05, 3.63) is 77.9 Å². The first kappa shape index (κ1) is 20.3. The zero-order valence-electron chi connectivity index (χ0n) is 17.0. The van der Waals surface area contributed by atoms with Gasteiger partial charge in [-0.25, -0.2) is 13.4 Å². The van der Waals surface area contributed by atoms with Crippen LogP contribution >= 0.6 is 0 Å². The van der Waals surface area contributed by atoms with E-state index in [9.17, 15) is 13.2 Å². The van der Waals surface area contributed by atoms with E-state index in [1.807, 2.05) is 49.4 Å². The predicted molar refractivity (Wildman–Crippen MR) is 114 cm³/mol. The van der Waals surface area contributed by atoms with E-state index in [0.29, 0.717) is 23.7 Å². The Labute approximate surface area is 176 Å². The van der Waals surface area contributed by atoms with Crippen LogP contribution in [0.4, 0.5) is 0 Å². The van der Waals surface area contributed by atoms with Gasteiger partial charge in [-0.3, -0.25) is 9.36 Å². The first-order valence-electron chi connectivity index (χ1n) is 9.82. The number of piperazine rings is 1. The molecular weight excluding hydrogens is 400 g/mol. The molecule has 1 aromatic heterocycles. The summed E-state index contributed by atoms with van der Waals surface area (Å²) in [4.78, 5) is 19.2. The van der Waals surface area contributed by atoms with Crippen molar-refractivity contribution in [1.82, 2.24) is 18.8 Å². The van der Waals surface area contributed by atoms with E-state index in [1.54, 1.807) is 35.0 Å². The molecule has 2 heterocycles.